The van der Waals surface area contributed by atoms with Crippen LogP contribution in [0.4, 0.5) is 5.69 Å². The lowest BCUT2D eigenvalue weighted by molar-refractivity contribution is -0.00910. The van der Waals surface area contributed by atoms with Gasteiger partial charge in [-0.1, -0.05) is 0 Å². The summed E-state index contributed by atoms with van der Waals surface area (Å²) in [5.41, 5.74) is 7.81. The molecule has 3 N–H and O–H groups in total. The van der Waals surface area contributed by atoms with Gasteiger partial charge in [0.1, 0.15) is 5.75 Å². The number of likely N-dealkylation sites (tertiary alicyclic amines) is 1. The summed E-state index contributed by atoms with van der Waals surface area (Å²) in [6, 6.07) is 5.83. The zero-order valence-electron chi connectivity index (χ0n) is 12.8. The van der Waals surface area contributed by atoms with Gasteiger partial charge in [-0.2, -0.15) is 0 Å². The number of hydrogen-bond acceptors (Lipinski definition) is 5. The molecule has 2 rings (SSSR count). The molecule has 1 fully saturated rings. The second kappa shape index (κ2) is 8.22. The summed E-state index contributed by atoms with van der Waals surface area (Å²) < 4.78 is 11.3. The smallest absolute Gasteiger partial charge is 0.123 e. The highest BCUT2D eigenvalue weighted by molar-refractivity contribution is 5.47. The summed E-state index contributed by atoms with van der Waals surface area (Å²) in [4.78, 5) is 2.40. The maximum atomic E-state index is 8.79. The Morgan fingerprint density at radius 2 is 2.10 bits per heavy atom. The van der Waals surface area contributed by atoms with Crippen molar-refractivity contribution in [1.29, 1.82) is 0 Å². The fourth-order valence-electron chi connectivity index (χ4n) is 2.71. The molecule has 1 aromatic carbocycles. The predicted octanol–water partition coefficient (Wildman–Crippen LogP) is 1.64. The summed E-state index contributed by atoms with van der Waals surface area (Å²) in [6.07, 6.45) is 2.29. The largest absolute Gasteiger partial charge is 0.494 e. The van der Waals surface area contributed by atoms with Crippen LogP contribution >= 0.6 is 0 Å². The number of anilines is 1. The number of nitrogens with two attached hydrogens (primary N) is 1. The van der Waals surface area contributed by atoms with Crippen LogP contribution in [0.1, 0.15) is 25.3 Å². The van der Waals surface area contributed by atoms with E-state index in [9.17, 15) is 0 Å². The van der Waals surface area contributed by atoms with Crippen LogP contribution < -0.4 is 10.5 Å². The van der Waals surface area contributed by atoms with Gasteiger partial charge in [0.25, 0.3) is 0 Å². The third-order valence-electron chi connectivity index (χ3n) is 3.76. The van der Waals surface area contributed by atoms with Gasteiger partial charge in [-0.25, -0.2) is 0 Å². The molecule has 0 bridgehead atoms. The molecule has 0 spiro atoms. The minimum absolute atomic E-state index is 0.0984. The van der Waals surface area contributed by atoms with E-state index in [2.05, 4.69) is 4.90 Å². The van der Waals surface area contributed by atoms with Gasteiger partial charge in [0.2, 0.25) is 0 Å². The van der Waals surface area contributed by atoms with Crippen LogP contribution in [0.15, 0.2) is 18.2 Å². The Morgan fingerprint density at radius 1 is 1.33 bits per heavy atom. The summed E-state index contributed by atoms with van der Waals surface area (Å²) in [5.74, 6) is 0.922. The predicted molar refractivity (Wildman–Crippen MR) is 83.4 cm³/mol. The van der Waals surface area contributed by atoms with E-state index in [1.807, 2.05) is 25.1 Å². The standard InChI is InChI=1S/C16H26N2O3/c1-2-20-16-4-3-14(17)11-13(16)12-18-7-5-15(6-8-18)21-10-9-19/h3-4,11,15,19H,2,5-10,12,17H2,1H3. The quantitative estimate of drug-likeness (QED) is 0.748. The molecule has 5 heteroatoms. The van der Waals surface area contributed by atoms with Crippen molar-refractivity contribution in [3.8, 4) is 5.75 Å². The third-order valence-corrected chi connectivity index (χ3v) is 3.76. The molecule has 1 saturated heterocycles. The molecule has 0 radical (unpaired) electrons. The summed E-state index contributed by atoms with van der Waals surface area (Å²) in [7, 11) is 0. The Kier molecular flexibility index (Phi) is 6.29. The van der Waals surface area contributed by atoms with Gasteiger partial charge in [0.05, 0.1) is 25.9 Å². The van der Waals surface area contributed by atoms with Crippen LogP contribution in [-0.4, -0.2) is 49.0 Å². The number of nitrogen functional groups attached to an aromatic ring is 1. The Hall–Kier alpha value is -1.30. The molecular formula is C16H26N2O3. The molecule has 0 aromatic heterocycles. The van der Waals surface area contributed by atoms with Gasteiger partial charge in [-0.15, -0.1) is 0 Å². The molecule has 0 aliphatic carbocycles. The first-order chi connectivity index (χ1) is 10.2. The molecule has 1 aliphatic rings. The Morgan fingerprint density at radius 3 is 2.76 bits per heavy atom. The van der Waals surface area contributed by atoms with Crippen molar-refractivity contribution < 1.29 is 14.6 Å². The number of aliphatic hydroxyl groups excluding tert-OH is 1. The number of nitrogens with zero attached hydrogens (tertiary/aromatic N) is 1. The minimum Gasteiger partial charge on any atom is -0.494 e. The van der Waals surface area contributed by atoms with Gasteiger partial charge in [-0.05, 0) is 38.0 Å². The highest BCUT2D eigenvalue weighted by atomic mass is 16.5. The van der Waals surface area contributed by atoms with Crippen molar-refractivity contribution in [2.75, 3.05) is 38.6 Å². The van der Waals surface area contributed by atoms with E-state index >= 15 is 0 Å². The summed E-state index contributed by atoms with van der Waals surface area (Å²) in [5, 5.41) is 8.79. The molecule has 118 valence electrons. The first-order valence-electron chi connectivity index (χ1n) is 7.69. The van der Waals surface area contributed by atoms with Gasteiger partial charge in [0, 0.05) is 30.9 Å². The lowest BCUT2D eigenvalue weighted by Crippen LogP contribution is -2.37. The first kappa shape index (κ1) is 16.1. The number of piperidine rings is 1. The Labute approximate surface area is 126 Å². The third kappa shape index (κ3) is 4.88. The Bertz CT molecular complexity index is 432. The molecule has 0 saturated carbocycles. The van der Waals surface area contributed by atoms with Crippen LogP contribution in [0, 0.1) is 0 Å². The lowest BCUT2D eigenvalue weighted by atomic mass is 10.1. The number of aliphatic hydroxyl groups is 1. The molecular weight excluding hydrogens is 268 g/mol. The van der Waals surface area contributed by atoms with Crippen molar-refractivity contribution >= 4 is 5.69 Å². The SMILES string of the molecule is CCOc1ccc(N)cc1CN1CCC(OCCO)CC1. The van der Waals surface area contributed by atoms with Crippen molar-refractivity contribution in [3.63, 3.8) is 0 Å². The van der Waals surface area contributed by atoms with Crippen LogP contribution in [0.2, 0.25) is 0 Å². The maximum absolute atomic E-state index is 8.79. The second-order valence-electron chi connectivity index (χ2n) is 5.37. The van der Waals surface area contributed by atoms with Gasteiger partial charge < -0.3 is 20.3 Å². The van der Waals surface area contributed by atoms with Crippen molar-refractivity contribution in [2.24, 2.45) is 0 Å². The van der Waals surface area contributed by atoms with E-state index in [0.29, 0.717) is 13.2 Å². The van der Waals surface area contributed by atoms with Gasteiger partial charge in [-0.3, -0.25) is 4.90 Å². The molecule has 0 atom stereocenters. The monoisotopic (exact) mass is 294 g/mol. The second-order valence-corrected chi connectivity index (χ2v) is 5.37. The van der Waals surface area contributed by atoms with Crippen LogP contribution in [0.5, 0.6) is 5.75 Å². The first-order valence-corrected chi connectivity index (χ1v) is 7.69. The maximum Gasteiger partial charge on any atom is 0.123 e. The van der Waals surface area contributed by atoms with E-state index in [-0.39, 0.29) is 12.7 Å². The number of hydrogen-bond donors (Lipinski definition) is 2. The van der Waals surface area contributed by atoms with Crippen LogP contribution in [0.3, 0.4) is 0 Å². The normalized spacial score (nSPS) is 17.0. The fourth-order valence-corrected chi connectivity index (χ4v) is 2.71. The van der Waals surface area contributed by atoms with Gasteiger partial charge in [0.15, 0.2) is 0 Å². The fraction of sp³-hybridized carbons (Fsp3) is 0.625. The summed E-state index contributed by atoms with van der Waals surface area (Å²) in [6.45, 7) is 6.04. The number of ether oxygens (including phenoxy) is 2. The average Bonchev–Trinajstić information content (AvgIpc) is 2.49. The lowest BCUT2D eigenvalue weighted by Gasteiger charge is -2.32. The van der Waals surface area contributed by atoms with Crippen molar-refractivity contribution in [3.05, 3.63) is 23.8 Å². The van der Waals surface area contributed by atoms with Crippen molar-refractivity contribution in [2.45, 2.75) is 32.4 Å². The van der Waals surface area contributed by atoms with Crippen LogP contribution in [0.25, 0.3) is 0 Å². The van der Waals surface area contributed by atoms with Crippen molar-refractivity contribution in [1.82, 2.24) is 4.90 Å². The average molecular weight is 294 g/mol. The zero-order chi connectivity index (χ0) is 15.1. The molecule has 1 aromatic rings. The Balaban J connectivity index is 1.89. The van der Waals surface area contributed by atoms with E-state index in [1.165, 1.54) is 0 Å². The molecule has 21 heavy (non-hydrogen) atoms. The molecule has 1 aliphatic heterocycles. The van der Waals surface area contributed by atoms with Crippen LogP contribution in [-0.2, 0) is 11.3 Å². The van der Waals surface area contributed by atoms with E-state index in [0.717, 1.165) is 49.5 Å². The van der Waals surface area contributed by atoms with E-state index in [4.69, 9.17) is 20.3 Å². The van der Waals surface area contributed by atoms with E-state index < -0.39 is 0 Å². The summed E-state index contributed by atoms with van der Waals surface area (Å²) >= 11 is 0. The molecule has 5 nitrogen and oxygen atoms in total. The topological polar surface area (TPSA) is 68.0 Å². The highest BCUT2D eigenvalue weighted by Crippen LogP contribution is 2.25. The molecule has 0 unspecified atom stereocenters. The van der Waals surface area contributed by atoms with E-state index in [1.54, 1.807) is 0 Å². The number of rotatable bonds is 7. The molecule has 1 heterocycles. The minimum atomic E-state index is 0.0984. The van der Waals surface area contributed by atoms with Gasteiger partial charge >= 0.3 is 0 Å². The highest BCUT2D eigenvalue weighted by Gasteiger charge is 2.20. The molecule has 0 amide bonds. The number of benzene rings is 1. The zero-order valence-corrected chi connectivity index (χ0v) is 12.8.